The van der Waals surface area contributed by atoms with Crippen molar-refractivity contribution in [1.29, 1.82) is 0 Å². The van der Waals surface area contributed by atoms with Gasteiger partial charge in [-0.05, 0) is 0 Å². The van der Waals surface area contributed by atoms with Crippen molar-refractivity contribution in [3.05, 3.63) is 25.4 Å². The molecule has 0 rings (SSSR count). The molecule has 0 saturated heterocycles. The molecule has 0 aliphatic carbocycles. The summed E-state index contributed by atoms with van der Waals surface area (Å²) in [7, 11) is 0. The van der Waals surface area contributed by atoms with Crippen LogP contribution in [0, 0.1) is 25.4 Å². The van der Waals surface area contributed by atoms with Gasteiger partial charge in [-0.2, -0.15) is 0 Å². The van der Waals surface area contributed by atoms with Crippen LogP contribution >= 0.6 is 0 Å². The van der Waals surface area contributed by atoms with Gasteiger partial charge in [0.1, 0.15) is 0 Å². The largest absolute Gasteiger partial charge is 0.444 e. The van der Waals surface area contributed by atoms with E-state index < -0.39 is 5.09 Å². The van der Waals surface area contributed by atoms with E-state index in [1.807, 2.05) is 0 Å². The Labute approximate surface area is 37.2 Å². The van der Waals surface area contributed by atoms with Gasteiger partial charge in [0, 0.05) is 0 Å². The van der Waals surface area contributed by atoms with Crippen molar-refractivity contribution in [3.63, 3.8) is 0 Å². The molecule has 0 radical (unpaired) electrons. The van der Waals surface area contributed by atoms with E-state index in [0.717, 1.165) is 5.34 Å². The molecule has 0 unspecified atom stereocenters. The zero-order valence-corrected chi connectivity index (χ0v) is 2.94. The molecule has 0 amide bonds. The molecule has 0 saturated carbocycles. The summed E-state index contributed by atoms with van der Waals surface area (Å²) < 4.78 is 0. The van der Waals surface area contributed by atoms with E-state index >= 15 is 0 Å². The van der Waals surface area contributed by atoms with Gasteiger partial charge in [0.2, 0.25) is 0 Å². The summed E-state index contributed by atoms with van der Waals surface area (Å²) in [4.78, 5) is 16.2. The van der Waals surface area contributed by atoms with Crippen molar-refractivity contribution >= 4 is 0 Å². The van der Waals surface area contributed by atoms with E-state index in [1.165, 1.54) is 0 Å². The first-order valence-electron chi connectivity index (χ1n) is 0.913. The van der Waals surface area contributed by atoms with Gasteiger partial charge in [-0.1, -0.05) is 0 Å². The van der Waals surface area contributed by atoms with Gasteiger partial charge in [0.15, 0.2) is 0 Å². The van der Waals surface area contributed by atoms with Crippen molar-refractivity contribution in [2.75, 3.05) is 0 Å². The number of hydrogen-bond acceptors (Lipinski definition) is 6. The predicted octanol–water partition coefficient (Wildman–Crippen LogP) is 0.0115. The monoisotopic (exact) mass is 108 g/mol. The van der Waals surface area contributed by atoms with Crippen LogP contribution in [0.2, 0.25) is 0 Å². The highest BCUT2D eigenvalue weighted by Crippen LogP contribution is 1.44. The zero-order chi connectivity index (χ0) is 6.28. The Bertz CT molecular complexity index is 53.1. The van der Waals surface area contributed by atoms with Crippen molar-refractivity contribution in [3.8, 4) is 0 Å². The van der Waals surface area contributed by atoms with Crippen molar-refractivity contribution in [2.45, 2.75) is 0 Å². The Morgan fingerprint density at radius 2 is 1.43 bits per heavy atom. The molecule has 0 aromatic carbocycles. The van der Waals surface area contributed by atoms with Crippen molar-refractivity contribution in [2.24, 2.45) is 5.34 Å². The third kappa shape index (κ3) is 15.9. The molecule has 0 aromatic rings. The summed E-state index contributed by atoms with van der Waals surface area (Å²) in [5.74, 6) is 0. The second-order valence-electron chi connectivity index (χ2n) is 0.298. The molecule has 0 bridgehead atoms. The molecule has 0 N–H and O–H groups in total. The van der Waals surface area contributed by atoms with Gasteiger partial charge < -0.3 is 25.4 Å². The lowest BCUT2D eigenvalue weighted by Gasteiger charge is -1.74. The normalized spacial score (nSPS) is 5.14. The van der Waals surface area contributed by atoms with Crippen LogP contribution in [0.25, 0.3) is 0 Å². The average molecular weight is 108 g/mol. The summed E-state index contributed by atoms with van der Waals surface area (Å²) >= 11 is 0. The van der Waals surface area contributed by atoms with Crippen LogP contribution in [-0.2, 0) is 0 Å². The van der Waals surface area contributed by atoms with E-state index in [9.17, 15) is 0 Å². The third-order valence-electron chi connectivity index (χ3n) is 0. The molecule has 0 aromatic heterocycles. The molecule has 0 heterocycles. The Kier molecular flexibility index (Phi) is 11.5. The predicted molar refractivity (Wildman–Crippen MR) is 19.5 cm³/mol. The van der Waals surface area contributed by atoms with Gasteiger partial charge in [-0.3, -0.25) is 0 Å². The Morgan fingerprint density at radius 1 is 1.43 bits per heavy atom. The maximum absolute atomic E-state index is 8.25. The zero-order valence-electron chi connectivity index (χ0n) is 2.94. The SMILES string of the molecule is O=N[O-].O=[N+]([O-])[O-]. The average Bonchev–Trinajstić information content (AvgIpc) is 1.33. The minimum atomic E-state index is -1.75. The van der Waals surface area contributed by atoms with E-state index in [0.29, 0.717) is 0 Å². The molecule has 0 aliphatic rings. The molecule has 7 heteroatoms. The first-order chi connectivity index (χ1) is 3.15. The van der Waals surface area contributed by atoms with Crippen molar-refractivity contribution in [1.82, 2.24) is 0 Å². The first kappa shape index (κ1) is 9.14. The minimum absolute atomic E-state index is 1.00. The van der Waals surface area contributed by atoms with Crippen molar-refractivity contribution < 1.29 is 5.09 Å². The maximum Gasteiger partial charge on any atom is 0.0689 e. The Hall–Kier alpha value is -1.40. The van der Waals surface area contributed by atoms with Crippen LogP contribution < -0.4 is 0 Å². The summed E-state index contributed by atoms with van der Waals surface area (Å²) in [6.07, 6.45) is 0. The van der Waals surface area contributed by atoms with Gasteiger partial charge in [-0.15, -0.1) is 5.34 Å². The highest BCUT2D eigenvalue weighted by molar-refractivity contribution is 4.21. The Morgan fingerprint density at radius 3 is 1.43 bits per heavy atom. The maximum atomic E-state index is 8.25. The molecular weight excluding hydrogens is 108 g/mol. The highest BCUT2D eigenvalue weighted by Gasteiger charge is 1.45. The van der Waals surface area contributed by atoms with E-state index in [4.69, 9.17) is 25.4 Å². The topological polar surface area (TPSA) is 119 Å². The second-order valence-corrected chi connectivity index (χ2v) is 0.298. The molecule has 0 spiro atoms. The fourth-order valence-corrected chi connectivity index (χ4v) is 0. The van der Waals surface area contributed by atoms with E-state index in [2.05, 4.69) is 0 Å². The lowest BCUT2D eigenvalue weighted by molar-refractivity contribution is -0.402. The molecule has 7 nitrogen and oxygen atoms in total. The lowest BCUT2D eigenvalue weighted by Crippen LogP contribution is -1.74. The summed E-state index contributed by atoms with van der Waals surface area (Å²) in [5.41, 5.74) is 0. The van der Waals surface area contributed by atoms with E-state index in [1.54, 1.807) is 0 Å². The van der Waals surface area contributed by atoms with Gasteiger partial charge in [-0.25, -0.2) is 0 Å². The first-order valence-corrected chi connectivity index (χ1v) is 0.913. The van der Waals surface area contributed by atoms with Crippen LogP contribution in [0.4, 0.5) is 0 Å². The summed E-state index contributed by atoms with van der Waals surface area (Å²) in [6, 6.07) is 0. The number of hydrogen-bond donors (Lipinski definition) is 0. The highest BCUT2D eigenvalue weighted by atomic mass is 16.9. The Balaban J connectivity index is 0. The number of nitrogens with zero attached hydrogens (tertiary/aromatic N) is 2. The quantitative estimate of drug-likeness (QED) is 0.246. The standard InChI is InChI=1S/NO3.HNO2/c2-1(3)4;2-1-3/h;(H,2,3)/q-1;/p-1. The summed E-state index contributed by atoms with van der Waals surface area (Å²) in [5, 5.41) is 23.8. The molecule has 0 fully saturated rings. The second kappa shape index (κ2) is 8.82. The molecule has 7 heavy (non-hydrogen) atoms. The third-order valence-corrected chi connectivity index (χ3v) is 0. The number of rotatable bonds is 0. The summed E-state index contributed by atoms with van der Waals surface area (Å²) in [6.45, 7) is 0. The van der Waals surface area contributed by atoms with Crippen LogP contribution in [0.15, 0.2) is 5.34 Å². The van der Waals surface area contributed by atoms with Gasteiger partial charge in [0.05, 0.1) is 5.09 Å². The molecule has 0 aliphatic heterocycles. The minimum Gasteiger partial charge on any atom is -0.444 e. The van der Waals surface area contributed by atoms with Crippen LogP contribution in [0.3, 0.4) is 0 Å². The van der Waals surface area contributed by atoms with Crippen LogP contribution in [-0.4, -0.2) is 5.09 Å². The fraction of sp³-hybridized carbons (Fsp3) is 0. The smallest absolute Gasteiger partial charge is 0.0689 e. The fourth-order valence-electron chi connectivity index (χ4n) is 0. The lowest BCUT2D eigenvalue weighted by atomic mass is 13.1. The van der Waals surface area contributed by atoms with Gasteiger partial charge >= 0.3 is 0 Å². The van der Waals surface area contributed by atoms with Gasteiger partial charge in [0.25, 0.3) is 0 Å². The molecule has 42 valence electrons. The van der Waals surface area contributed by atoms with Crippen LogP contribution in [0.1, 0.15) is 0 Å². The van der Waals surface area contributed by atoms with Crippen LogP contribution in [0.5, 0.6) is 0 Å². The molecule has 0 atom stereocenters. The molecular formula is N2O5-2. The van der Waals surface area contributed by atoms with E-state index in [-0.39, 0.29) is 0 Å².